The van der Waals surface area contributed by atoms with Crippen LogP contribution in [0.1, 0.15) is 0 Å². The molecule has 2 aromatic rings. The van der Waals surface area contributed by atoms with Gasteiger partial charge in [-0.3, -0.25) is 0 Å². The standard InChI is InChI=1S/C12H8BrCl2NO/c13-7-2-1-3-9(4-7)17-12-10(14)5-8(16)6-11(12)15/h1-6H,16H2. The maximum absolute atomic E-state index is 6.02. The topological polar surface area (TPSA) is 35.2 Å². The molecule has 2 aromatic carbocycles. The van der Waals surface area contributed by atoms with Gasteiger partial charge in [0.1, 0.15) is 5.75 Å². The van der Waals surface area contributed by atoms with Gasteiger partial charge in [0.25, 0.3) is 0 Å². The van der Waals surface area contributed by atoms with E-state index in [-0.39, 0.29) is 0 Å². The highest BCUT2D eigenvalue weighted by molar-refractivity contribution is 9.10. The lowest BCUT2D eigenvalue weighted by Gasteiger charge is -2.10. The molecule has 0 fully saturated rings. The van der Waals surface area contributed by atoms with E-state index in [1.807, 2.05) is 24.3 Å². The molecule has 5 heteroatoms. The van der Waals surface area contributed by atoms with Crippen LogP contribution in [0.25, 0.3) is 0 Å². The summed E-state index contributed by atoms with van der Waals surface area (Å²) in [7, 11) is 0. The third kappa shape index (κ3) is 3.06. The molecule has 0 unspecified atom stereocenters. The smallest absolute Gasteiger partial charge is 0.164 e. The van der Waals surface area contributed by atoms with Crippen molar-refractivity contribution in [3.8, 4) is 11.5 Å². The molecule has 88 valence electrons. The van der Waals surface area contributed by atoms with Crippen LogP contribution >= 0.6 is 39.1 Å². The minimum Gasteiger partial charge on any atom is -0.454 e. The molecule has 0 radical (unpaired) electrons. The fraction of sp³-hybridized carbons (Fsp3) is 0. The SMILES string of the molecule is Nc1cc(Cl)c(Oc2cccc(Br)c2)c(Cl)c1. The van der Waals surface area contributed by atoms with E-state index in [0.29, 0.717) is 27.2 Å². The molecule has 17 heavy (non-hydrogen) atoms. The van der Waals surface area contributed by atoms with Gasteiger partial charge in [-0.15, -0.1) is 0 Å². The summed E-state index contributed by atoms with van der Waals surface area (Å²) in [6, 6.07) is 10.6. The number of nitrogen functional groups attached to an aromatic ring is 1. The Balaban J connectivity index is 2.36. The summed E-state index contributed by atoms with van der Waals surface area (Å²) < 4.78 is 6.54. The number of benzene rings is 2. The first-order chi connectivity index (χ1) is 8.06. The predicted molar refractivity (Wildman–Crippen MR) is 75.1 cm³/mol. The second-order valence-electron chi connectivity index (χ2n) is 3.37. The lowest BCUT2D eigenvalue weighted by Crippen LogP contribution is -1.90. The summed E-state index contributed by atoms with van der Waals surface area (Å²) in [5.74, 6) is 1.05. The van der Waals surface area contributed by atoms with Crippen LogP contribution in [0.2, 0.25) is 10.0 Å². The highest BCUT2D eigenvalue weighted by Gasteiger charge is 2.10. The zero-order valence-electron chi connectivity index (χ0n) is 8.58. The number of hydrogen-bond acceptors (Lipinski definition) is 2. The van der Waals surface area contributed by atoms with E-state index in [0.717, 1.165) is 4.47 Å². The van der Waals surface area contributed by atoms with Gasteiger partial charge in [0.15, 0.2) is 5.75 Å². The molecule has 2 N–H and O–H groups in total. The molecule has 0 saturated heterocycles. The van der Waals surface area contributed by atoms with Crippen LogP contribution in [-0.2, 0) is 0 Å². The van der Waals surface area contributed by atoms with E-state index in [1.54, 1.807) is 12.1 Å². The minimum absolute atomic E-state index is 0.384. The van der Waals surface area contributed by atoms with Crippen molar-refractivity contribution >= 4 is 44.8 Å². The molecular weight excluding hydrogens is 325 g/mol. The highest BCUT2D eigenvalue weighted by atomic mass is 79.9. The Kier molecular flexibility index (Phi) is 3.82. The van der Waals surface area contributed by atoms with Crippen LogP contribution < -0.4 is 10.5 Å². The molecular formula is C12H8BrCl2NO. The largest absolute Gasteiger partial charge is 0.454 e. The lowest BCUT2D eigenvalue weighted by molar-refractivity contribution is 0.483. The van der Waals surface area contributed by atoms with Gasteiger partial charge in [-0.1, -0.05) is 45.2 Å². The van der Waals surface area contributed by atoms with Crippen LogP contribution in [-0.4, -0.2) is 0 Å². The maximum Gasteiger partial charge on any atom is 0.164 e. The van der Waals surface area contributed by atoms with Gasteiger partial charge in [0, 0.05) is 10.2 Å². The van der Waals surface area contributed by atoms with Crippen LogP contribution in [0, 0.1) is 0 Å². The van der Waals surface area contributed by atoms with Gasteiger partial charge < -0.3 is 10.5 Å². The molecule has 0 amide bonds. The van der Waals surface area contributed by atoms with E-state index in [2.05, 4.69) is 15.9 Å². The zero-order valence-corrected chi connectivity index (χ0v) is 11.7. The molecule has 0 heterocycles. The van der Waals surface area contributed by atoms with Crippen molar-refractivity contribution in [1.82, 2.24) is 0 Å². The Morgan fingerprint density at radius 2 is 1.71 bits per heavy atom. The number of nitrogens with two attached hydrogens (primary N) is 1. The average Bonchev–Trinajstić information content (AvgIpc) is 2.23. The number of halogens is 3. The Morgan fingerprint density at radius 3 is 2.29 bits per heavy atom. The monoisotopic (exact) mass is 331 g/mol. The molecule has 0 aliphatic carbocycles. The van der Waals surface area contributed by atoms with Crippen LogP contribution in [0.5, 0.6) is 11.5 Å². The zero-order chi connectivity index (χ0) is 12.4. The second kappa shape index (κ2) is 5.17. The van der Waals surface area contributed by atoms with Crippen molar-refractivity contribution in [2.75, 3.05) is 5.73 Å². The summed E-state index contributed by atoms with van der Waals surface area (Å²) in [5, 5.41) is 0.768. The van der Waals surface area contributed by atoms with E-state index in [1.165, 1.54) is 0 Å². The molecule has 0 aliphatic rings. The number of ether oxygens (including phenoxy) is 1. The molecule has 0 aliphatic heterocycles. The Hall–Kier alpha value is -0.900. The van der Waals surface area contributed by atoms with Crippen molar-refractivity contribution in [3.05, 3.63) is 50.9 Å². The van der Waals surface area contributed by atoms with E-state index in [4.69, 9.17) is 33.7 Å². The summed E-state index contributed by atoms with van der Waals surface area (Å²) >= 11 is 15.4. The lowest BCUT2D eigenvalue weighted by atomic mass is 10.3. The van der Waals surface area contributed by atoms with Gasteiger partial charge in [0.05, 0.1) is 10.0 Å². The van der Waals surface area contributed by atoms with Gasteiger partial charge in [-0.25, -0.2) is 0 Å². The van der Waals surface area contributed by atoms with Gasteiger partial charge in [0.2, 0.25) is 0 Å². The Bertz CT molecular complexity index is 537. The summed E-state index contributed by atoms with van der Waals surface area (Å²) in [4.78, 5) is 0. The summed E-state index contributed by atoms with van der Waals surface area (Å²) in [6.45, 7) is 0. The summed E-state index contributed by atoms with van der Waals surface area (Å²) in [5.41, 5.74) is 6.12. The van der Waals surface area contributed by atoms with Gasteiger partial charge >= 0.3 is 0 Å². The molecule has 0 aromatic heterocycles. The molecule has 0 atom stereocenters. The number of rotatable bonds is 2. The number of anilines is 1. The fourth-order valence-electron chi connectivity index (χ4n) is 1.33. The van der Waals surface area contributed by atoms with Crippen LogP contribution in [0.15, 0.2) is 40.9 Å². The first kappa shape index (κ1) is 12.6. The molecule has 2 rings (SSSR count). The first-order valence-corrected chi connectivity index (χ1v) is 6.29. The van der Waals surface area contributed by atoms with Crippen molar-refractivity contribution in [2.45, 2.75) is 0 Å². The quantitative estimate of drug-likeness (QED) is 0.773. The van der Waals surface area contributed by atoms with E-state index in [9.17, 15) is 0 Å². The van der Waals surface area contributed by atoms with Gasteiger partial charge in [-0.2, -0.15) is 0 Å². The predicted octanol–water partition coefficient (Wildman–Crippen LogP) is 5.13. The maximum atomic E-state index is 6.02. The fourth-order valence-corrected chi connectivity index (χ4v) is 2.28. The van der Waals surface area contributed by atoms with Gasteiger partial charge in [-0.05, 0) is 30.3 Å². The van der Waals surface area contributed by atoms with Crippen molar-refractivity contribution in [3.63, 3.8) is 0 Å². The molecule has 0 spiro atoms. The normalized spacial score (nSPS) is 10.3. The second-order valence-corrected chi connectivity index (χ2v) is 5.10. The third-order valence-corrected chi connectivity index (χ3v) is 3.09. The first-order valence-electron chi connectivity index (χ1n) is 4.74. The molecule has 0 saturated carbocycles. The van der Waals surface area contributed by atoms with Crippen molar-refractivity contribution < 1.29 is 4.74 Å². The van der Waals surface area contributed by atoms with Crippen LogP contribution in [0.4, 0.5) is 5.69 Å². The Morgan fingerprint density at radius 1 is 1.06 bits per heavy atom. The summed E-state index contributed by atoms with van der Waals surface area (Å²) in [6.07, 6.45) is 0. The van der Waals surface area contributed by atoms with E-state index >= 15 is 0 Å². The molecule has 0 bridgehead atoms. The number of hydrogen-bond donors (Lipinski definition) is 1. The highest BCUT2D eigenvalue weighted by Crippen LogP contribution is 2.38. The third-order valence-electron chi connectivity index (χ3n) is 2.04. The van der Waals surface area contributed by atoms with E-state index < -0.39 is 0 Å². The van der Waals surface area contributed by atoms with Crippen molar-refractivity contribution in [2.24, 2.45) is 0 Å². The average molecular weight is 333 g/mol. The molecule has 2 nitrogen and oxygen atoms in total. The van der Waals surface area contributed by atoms with Crippen LogP contribution in [0.3, 0.4) is 0 Å². The Labute approximate surface area is 117 Å². The minimum atomic E-state index is 0.384. The van der Waals surface area contributed by atoms with Crippen molar-refractivity contribution in [1.29, 1.82) is 0 Å².